The summed E-state index contributed by atoms with van der Waals surface area (Å²) < 4.78 is 13.4. The van der Waals surface area contributed by atoms with E-state index in [1.54, 1.807) is 12.1 Å². The number of benzene rings is 2. The van der Waals surface area contributed by atoms with E-state index in [9.17, 15) is 4.39 Å². The summed E-state index contributed by atoms with van der Waals surface area (Å²) in [4.78, 5) is 0. The summed E-state index contributed by atoms with van der Waals surface area (Å²) in [5.74, 6) is 0.366. The topological polar surface area (TPSA) is 12.0 Å². The van der Waals surface area contributed by atoms with Gasteiger partial charge in [-0.05, 0) is 17.2 Å². The minimum atomic E-state index is -0.164. The second-order valence-electron chi connectivity index (χ2n) is 4.15. The van der Waals surface area contributed by atoms with Gasteiger partial charge >= 0.3 is 0 Å². The molecule has 0 aliphatic rings. The van der Waals surface area contributed by atoms with Gasteiger partial charge in [-0.15, -0.1) is 11.6 Å². The lowest BCUT2D eigenvalue weighted by atomic mass is 10.1. The quantitative estimate of drug-likeness (QED) is 0.808. The van der Waals surface area contributed by atoms with Crippen molar-refractivity contribution in [2.24, 2.45) is 0 Å². The molecule has 0 unspecified atom stereocenters. The van der Waals surface area contributed by atoms with Gasteiger partial charge in [0.1, 0.15) is 5.82 Å². The highest BCUT2D eigenvalue weighted by atomic mass is 35.5. The van der Waals surface area contributed by atoms with Crippen molar-refractivity contribution >= 4 is 11.6 Å². The van der Waals surface area contributed by atoms with Crippen LogP contribution in [-0.4, -0.2) is 0 Å². The normalized spacial score (nSPS) is 10.6. The van der Waals surface area contributed by atoms with Crippen molar-refractivity contribution < 1.29 is 4.39 Å². The molecule has 0 spiro atoms. The molecule has 0 aliphatic carbocycles. The molecule has 0 radical (unpaired) electrons. The van der Waals surface area contributed by atoms with Crippen LogP contribution in [0.3, 0.4) is 0 Å². The first kappa shape index (κ1) is 13.1. The maximum Gasteiger partial charge on any atom is 0.127 e. The highest BCUT2D eigenvalue weighted by molar-refractivity contribution is 6.17. The van der Waals surface area contributed by atoms with Gasteiger partial charge in [0.15, 0.2) is 0 Å². The molecule has 0 fully saturated rings. The fourth-order valence-electron chi connectivity index (χ4n) is 1.73. The van der Waals surface area contributed by atoms with E-state index in [1.807, 2.05) is 30.3 Å². The van der Waals surface area contributed by atoms with Gasteiger partial charge in [-0.1, -0.05) is 42.5 Å². The first-order chi connectivity index (χ1) is 8.79. The summed E-state index contributed by atoms with van der Waals surface area (Å²) >= 11 is 5.72. The Morgan fingerprint density at radius 1 is 0.889 bits per heavy atom. The number of hydrogen-bond acceptors (Lipinski definition) is 1. The number of hydrogen-bond donors (Lipinski definition) is 1. The monoisotopic (exact) mass is 263 g/mol. The molecule has 0 aromatic heterocycles. The van der Waals surface area contributed by atoms with Crippen LogP contribution in [0, 0.1) is 5.82 Å². The minimum absolute atomic E-state index is 0.164. The van der Waals surface area contributed by atoms with Crippen LogP contribution in [0.2, 0.25) is 0 Å². The second kappa shape index (κ2) is 6.53. The van der Waals surface area contributed by atoms with Crippen LogP contribution < -0.4 is 5.32 Å². The molecule has 0 amide bonds. The van der Waals surface area contributed by atoms with E-state index in [4.69, 9.17) is 11.6 Å². The van der Waals surface area contributed by atoms with Gasteiger partial charge in [0.05, 0.1) is 0 Å². The molecule has 0 saturated carbocycles. The fraction of sp³-hybridized carbons (Fsp3) is 0.200. The Labute approximate surface area is 112 Å². The molecule has 2 aromatic rings. The average molecular weight is 264 g/mol. The highest BCUT2D eigenvalue weighted by Gasteiger charge is 2.00. The molecular weight excluding hydrogens is 249 g/mol. The van der Waals surface area contributed by atoms with E-state index in [0.717, 1.165) is 12.1 Å². The Hall–Kier alpha value is -1.38. The largest absolute Gasteiger partial charge is 0.309 e. The zero-order chi connectivity index (χ0) is 12.8. The molecule has 94 valence electrons. The zero-order valence-corrected chi connectivity index (χ0v) is 10.8. The van der Waals surface area contributed by atoms with Crippen LogP contribution in [-0.2, 0) is 19.0 Å². The fourth-order valence-corrected chi connectivity index (χ4v) is 1.91. The van der Waals surface area contributed by atoms with Crippen molar-refractivity contribution in [2.75, 3.05) is 0 Å². The van der Waals surface area contributed by atoms with Crippen molar-refractivity contribution in [1.82, 2.24) is 5.32 Å². The SMILES string of the molecule is Fc1ccccc1CNCc1ccc(CCl)cc1. The zero-order valence-electron chi connectivity index (χ0n) is 10.00. The first-order valence-corrected chi connectivity index (χ1v) is 6.41. The molecule has 1 nitrogen and oxygen atoms in total. The lowest BCUT2D eigenvalue weighted by Crippen LogP contribution is -2.13. The van der Waals surface area contributed by atoms with E-state index < -0.39 is 0 Å². The average Bonchev–Trinajstić information content (AvgIpc) is 2.42. The molecule has 3 heteroatoms. The third-order valence-electron chi connectivity index (χ3n) is 2.78. The van der Waals surface area contributed by atoms with E-state index >= 15 is 0 Å². The van der Waals surface area contributed by atoms with Gasteiger partial charge in [-0.2, -0.15) is 0 Å². The van der Waals surface area contributed by atoms with E-state index in [0.29, 0.717) is 18.0 Å². The van der Waals surface area contributed by atoms with Gasteiger partial charge < -0.3 is 5.32 Å². The van der Waals surface area contributed by atoms with Crippen LogP contribution >= 0.6 is 11.6 Å². The lowest BCUT2D eigenvalue weighted by Gasteiger charge is -2.06. The van der Waals surface area contributed by atoms with Crippen LogP contribution in [0.5, 0.6) is 0 Å². The highest BCUT2D eigenvalue weighted by Crippen LogP contribution is 2.08. The maximum absolute atomic E-state index is 13.4. The lowest BCUT2D eigenvalue weighted by molar-refractivity contribution is 0.588. The van der Waals surface area contributed by atoms with Crippen LogP contribution in [0.1, 0.15) is 16.7 Å². The first-order valence-electron chi connectivity index (χ1n) is 5.87. The van der Waals surface area contributed by atoms with Crippen LogP contribution in [0.4, 0.5) is 4.39 Å². The van der Waals surface area contributed by atoms with Gasteiger partial charge in [-0.3, -0.25) is 0 Å². The van der Waals surface area contributed by atoms with Crippen LogP contribution in [0.25, 0.3) is 0 Å². The molecule has 2 rings (SSSR count). The predicted octanol–water partition coefficient (Wildman–Crippen LogP) is 3.85. The number of alkyl halides is 1. The number of rotatable bonds is 5. The summed E-state index contributed by atoms with van der Waals surface area (Å²) in [7, 11) is 0. The molecule has 0 aliphatic heterocycles. The number of halogens is 2. The molecule has 2 aromatic carbocycles. The molecule has 1 N–H and O–H groups in total. The molecule has 18 heavy (non-hydrogen) atoms. The summed E-state index contributed by atoms with van der Waals surface area (Å²) in [5, 5.41) is 3.22. The molecule has 0 saturated heterocycles. The minimum Gasteiger partial charge on any atom is -0.309 e. The standard InChI is InChI=1S/C15H15ClFN/c16-9-12-5-7-13(8-6-12)10-18-11-14-3-1-2-4-15(14)17/h1-8,18H,9-11H2. The molecule has 0 heterocycles. The Balaban J connectivity index is 1.86. The Kier molecular flexibility index (Phi) is 4.73. The number of nitrogens with one attached hydrogen (secondary N) is 1. The van der Waals surface area contributed by atoms with Crippen molar-refractivity contribution in [3.8, 4) is 0 Å². The van der Waals surface area contributed by atoms with E-state index in [2.05, 4.69) is 5.32 Å². The second-order valence-corrected chi connectivity index (χ2v) is 4.41. The third kappa shape index (κ3) is 3.56. The summed E-state index contributed by atoms with van der Waals surface area (Å²) in [6.45, 7) is 1.25. The summed E-state index contributed by atoms with van der Waals surface area (Å²) in [5.41, 5.74) is 2.96. The maximum atomic E-state index is 13.4. The third-order valence-corrected chi connectivity index (χ3v) is 3.09. The van der Waals surface area contributed by atoms with E-state index in [-0.39, 0.29) is 5.82 Å². The van der Waals surface area contributed by atoms with E-state index in [1.165, 1.54) is 11.6 Å². The Morgan fingerprint density at radius 2 is 1.56 bits per heavy atom. The van der Waals surface area contributed by atoms with Crippen molar-refractivity contribution in [1.29, 1.82) is 0 Å². The van der Waals surface area contributed by atoms with Crippen molar-refractivity contribution in [2.45, 2.75) is 19.0 Å². The van der Waals surface area contributed by atoms with Crippen LogP contribution in [0.15, 0.2) is 48.5 Å². The summed E-state index contributed by atoms with van der Waals surface area (Å²) in [6.07, 6.45) is 0. The molecular formula is C15H15ClFN. The Morgan fingerprint density at radius 3 is 2.22 bits per heavy atom. The Bertz CT molecular complexity index is 496. The van der Waals surface area contributed by atoms with Gasteiger partial charge in [-0.25, -0.2) is 4.39 Å². The van der Waals surface area contributed by atoms with Crippen molar-refractivity contribution in [3.63, 3.8) is 0 Å². The summed E-state index contributed by atoms with van der Waals surface area (Å²) in [6, 6.07) is 14.9. The van der Waals surface area contributed by atoms with Crippen molar-refractivity contribution in [3.05, 3.63) is 71.0 Å². The van der Waals surface area contributed by atoms with Gasteiger partial charge in [0, 0.05) is 24.5 Å². The molecule has 0 bridgehead atoms. The van der Waals surface area contributed by atoms with Gasteiger partial charge in [0.2, 0.25) is 0 Å². The predicted molar refractivity (Wildman–Crippen MR) is 72.9 cm³/mol. The van der Waals surface area contributed by atoms with Gasteiger partial charge in [0.25, 0.3) is 0 Å². The molecule has 0 atom stereocenters. The smallest absolute Gasteiger partial charge is 0.127 e.